The van der Waals surface area contributed by atoms with Crippen LogP contribution in [0.5, 0.6) is 11.8 Å². The number of benzene rings is 2. The van der Waals surface area contributed by atoms with Gasteiger partial charge in [0, 0.05) is 24.5 Å². The number of hydrogen-bond acceptors (Lipinski definition) is 8. The Labute approximate surface area is 255 Å². The zero-order chi connectivity index (χ0) is 31.0. The van der Waals surface area contributed by atoms with Crippen LogP contribution in [-0.2, 0) is 6.54 Å². The predicted molar refractivity (Wildman–Crippen MR) is 163 cm³/mol. The van der Waals surface area contributed by atoms with E-state index in [1.807, 2.05) is 4.90 Å². The second kappa shape index (κ2) is 12.2. The number of carbonyl (C=O) groups is 1. The summed E-state index contributed by atoms with van der Waals surface area (Å²) in [5, 5.41) is 21.7. The molecule has 0 radical (unpaired) electrons. The number of fused-ring (bicyclic) bond motifs is 3. The fraction of sp³-hybridized carbons (Fsp3) is 0.485. The number of amides is 1. The summed E-state index contributed by atoms with van der Waals surface area (Å²) >= 11 is 0. The number of aliphatic hydroxyl groups excluding tert-OH is 1. The number of alkyl halides is 1. The molecule has 5 heterocycles. The number of anilines is 2. The molecular formula is C33H37F2N5O4. The molecule has 0 spiro atoms. The summed E-state index contributed by atoms with van der Waals surface area (Å²) in [6.45, 7) is 3.91. The monoisotopic (exact) mass is 605 g/mol. The van der Waals surface area contributed by atoms with E-state index in [2.05, 4.69) is 10.8 Å². The summed E-state index contributed by atoms with van der Waals surface area (Å²) in [7, 11) is 0.500. The molecule has 3 fully saturated rings. The average molecular weight is 606 g/mol. The Morgan fingerprint density at radius 2 is 1.86 bits per heavy atom. The van der Waals surface area contributed by atoms with Gasteiger partial charge >= 0.3 is 6.01 Å². The number of nitrogens with zero attached hydrogens (tertiary/aromatic N) is 5. The molecule has 1 unspecified atom stereocenters. The molecule has 1 aromatic heterocycles. The molecule has 2 aromatic carbocycles. The van der Waals surface area contributed by atoms with E-state index in [4.69, 9.17) is 21.1 Å². The van der Waals surface area contributed by atoms with Crippen LogP contribution in [0.4, 0.5) is 20.3 Å². The van der Waals surface area contributed by atoms with Gasteiger partial charge in [-0.05, 0) is 75.6 Å². The lowest BCUT2D eigenvalue weighted by Crippen LogP contribution is -2.43. The van der Waals surface area contributed by atoms with E-state index in [9.17, 15) is 23.8 Å². The number of hydrogen-bond donors (Lipinski definition) is 2. The molecule has 0 saturated carbocycles. The summed E-state index contributed by atoms with van der Waals surface area (Å²) in [6, 6.07) is 5.97. The van der Waals surface area contributed by atoms with Crippen LogP contribution in [0.1, 0.15) is 66.6 Å². The standard InChI is InChI=1S/C32H34FN5O4.CH3F/c1-2-23-24(33)8-7-20-16-22(40)17-26(27(20)23)38-18-25-28(30(38)41)29(36-12-3-6-21(39)9-15-36)35-31(34-25)42-19-32-10-4-13-37(32)14-5-11-32;1-2/h1,7-8,16-17,21,39-40H,3-6,9-15,18-19H2;1H3. The smallest absolute Gasteiger partial charge is 0.318 e. The highest BCUT2D eigenvalue weighted by Crippen LogP contribution is 2.42. The number of aromatic hydroxyl groups is 1. The second-order valence-electron chi connectivity index (χ2n) is 12.0. The van der Waals surface area contributed by atoms with Crippen LogP contribution in [0.25, 0.3) is 10.8 Å². The van der Waals surface area contributed by atoms with Crippen molar-refractivity contribution in [3.8, 4) is 24.1 Å². The highest BCUT2D eigenvalue weighted by atomic mass is 19.1. The molecular weight excluding hydrogens is 568 g/mol. The SMILES string of the molecule is C#Cc1c(F)ccc2cc(O)cc(N3Cc4nc(OCC56CCCN5CCC6)nc(N5CCCC(O)CC5)c4C3=O)c12.CF. The summed E-state index contributed by atoms with van der Waals surface area (Å²) in [5.41, 5.74) is 1.21. The Hall–Kier alpha value is -4.01. The van der Waals surface area contributed by atoms with Crippen molar-refractivity contribution in [2.24, 2.45) is 0 Å². The molecule has 44 heavy (non-hydrogen) atoms. The fourth-order valence-electron chi connectivity index (χ4n) is 7.36. The summed E-state index contributed by atoms with van der Waals surface area (Å²) in [5.74, 6) is 1.91. The van der Waals surface area contributed by atoms with E-state index in [0.717, 1.165) is 45.2 Å². The first kappa shape index (κ1) is 30.0. The number of aromatic nitrogens is 2. The zero-order valence-corrected chi connectivity index (χ0v) is 24.9. The third-order valence-corrected chi connectivity index (χ3v) is 9.46. The topological polar surface area (TPSA) is 102 Å². The minimum Gasteiger partial charge on any atom is -0.508 e. The molecule has 9 nitrogen and oxygen atoms in total. The summed E-state index contributed by atoms with van der Waals surface area (Å²) in [4.78, 5) is 29.8. The van der Waals surface area contributed by atoms with E-state index >= 15 is 0 Å². The molecule has 7 rings (SSSR count). The Bertz CT molecular complexity index is 1620. The minimum absolute atomic E-state index is 0.00723. The van der Waals surface area contributed by atoms with Gasteiger partial charge in [0.05, 0.1) is 42.3 Å². The maximum atomic E-state index is 14.8. The van der Waals surface area contributed by atoms with Gasteiger partial charge in [-0.2, -0.15) is 9.97 Å². The first-order valence-electron chi connectivity index (χ1n) is 15.2. The largest absolute Gasteiger partial charge is 0.508 e. The number of halogens is 2. The van der Waals surface area contributed by atoms with Crippen molar-refractivity contribution >= 4 is 28.2 Å². The minimum atomic E-state index is -0.576. The van der Waals surface area contributed by atoms with Crippen LogP contribution >= 0.6 is 0 Å². The van der Waals surface area contributed by atoms with Crippen LogP contribution < -0.4 is 14.5 Å². The Morgan fingerprint density at radius 1 is 1.09 bits per heavy atom. The summed E-state index contributed by atoms with van der Waals surface area (Å²) < 4.78 is 30.6. The molecule has 4 aliphatic rings. The Morgan fingerprint density at radius 3 is 2.61 bits per heavy atom. The molecule has 0 aliphatic carbocycles. The quantitative estimate of drug-likeness (QED) is 0.409. The first-order chi connectivity index (χ1) is 21.4. The number of rotatable bonds is 5. The number of aliphatic hydroxyl groups is 1. The molecule has 0 bridgehead atoms. The van der Waals surface area contributed by atoms with Crippen molar-refractivity contribution in [1.29, 1.82) is 0 Å². The molecule has 11 heteroatoms. The van der Waals surface area contributed by atoms with Gasteiger partial charge in [-0.15, -0.1) is 6.42 Å². The first-order valence-corrected chi connectivity index (χ1v) is 15.2. The van der Waals surface area contributed by atoms with E-state index in [1.54, 1.807) is 0 Å². The molecule has 4 aliphatic heterocycles. The Balaban J connectivity index is 0.00000168. The van der Waals surface area contributed by atoms with Crippen molar-refractivity contribution in [2.45, 2.75) is 63.1 Å². The van der Waals surface area contributed by atoms with E-state index in [1.165, 1.54) is 29.2 Å². The van der Waals surface area contributed by atoms with E-state index in [-0.39, 0.29) is 35.3 Å². The Kier molecular flexibility index (Phi) is 8.31. The van der Waals surface area contributed by atoms with Gasteiger partial charge in [0.25, 0.3) is 5.91 Å². The van der Waals surface area contributed by atoms with Gasteiger partial charge in [-0.3, -0.25) is 14.1 Å². The lowest BCUT2D eigenvalue weighted by molar-refractivity contribution is 0.0996. The van der Waals surface area contributed by atoms with Gasteiger partial charge < -0.3 is 24.7 Å². The zero-order valence-electron chi connectivity index (χ0n) is 24.9. The van der Waals surface area contributed by atoms with Crippen LogP contribution in [0, 0.1) is 18.2 Å². The third-order valence-electron chi connectivity index (χ3n) is 9.46. The lowest BCUT2D eigenvalue weighted by Gasteiger charge is -2.31. The second-order valence-corrected chi connectivity index (χ2v) is 12.0. The molecule has 232 valence electrons. The van der Waals surface area contributed by atoms with E-state index < -0.39 is 11.9 Å². The maximum Gasteiger partial charge on any atom is 0.318 e. The molecule has 2 N–H and O–H groups in total. The molecule has 3 aromatic rings. The number of carbonyl (C=O) groups excluding carboxylic acids is 1. The van der Waals surface area contributed by atoms with Crippen LogP contribution in [0.2, 0.25) is 0 Å². The number of terminal acetylenes is 1. The third kappa shape index (κ3) is 5.20. The highest BCUT2D eigenvalue weighted by Gasteiger charge is 2.45. The van der Waals surface area contributed by atoms with Crippen molar-refractivity contribution in [3.63, 3.8) is 0 Å². The number of ether oxygens (including phenoxy) is 1. The van der Waals surface area contributed by atoms with Crippen molar-refractivity contribution in [3.05, 3.63) is 46.9 Å². The average Bonchev–Trinajstić information content (AvgIpc) is 3.65. The van der Waals surface area contributed by atoms with Crippen molar-refractivity contribution < 1.29 is 28.5 Å². The maximum absolute atomic E-state index is 14.8. The number of phenols is 1. The molecule has 1 atom stereocenters. The van der Waals surface area contributed by atoms with Gasteiger partial charge in [0.2, 0.25) is 0 Å². The normalized spacial score (nSPS) is 21.0. The van der Waals surface area contributed by atoms with Crippen molar-refractivity contribution in [1.82, 2.24) is 14.9 Å². The molecule has 3 saturated heterocycles. The number of phenolic OH excluding ortho intramolecular Hbond substituents is 1. The van der Waals surface area contributed by atoms with Gasteiger partial charge in [-0.1, -0.05) is 12.0 Å². The van der Waals surface area contributed by atoms with Crippen LogP contribution in [0.15, 0.2) is 24.3 Å². The highest BCUT2D eigenvalue weighted by molar-refractivity contribution is 6.16. The predicted octanol–water partition coefficient (Wildman–Crippen LogP) is 4.56. The van der Waals surface area contributed by atoms with Crippen LogP contribution in [0.3, 0.4) is 0 Å². The van der Waals surface area contributed by atoms with Gasteiger partial charge in [-0.25, -0.2) is 4.39 Å². The van der Waals surface area contributed by atoms with Crippen molar-refractivity contribution in [2.75, 3.05) is 49.8 Å². The fourth-order valence-corrected chi connectivity index (χ4v) is 7.36. The summed E-state index contributed by atoms with van der Waals surface area (Å²) in [6.07, 6.45) is 11.8. The van der Waals surface area contributed by atoms with Gasteiger partial charge in [0.15, 0.2) is 0 Å². The lowest BCUT2D eigenvalue weighted by atomic mass is 9.95. The van der Waals surface area contributed by atoms with E-state index in [0.29, 0.717) is 73.3 Å². The van der Waals surface area contributed by atoms with Gasteiger partial charge in [0.1, 0.15) is 29.6 Å². The molecule has 1 amide bonds. The van der Waals surface area contributed by atoms with Crippen LogP contribution in [-0.4, -0.2) is 82.6 Å².